The summed E-state index contributed by atoms with van der Waals surface area (Å²) < 4.78 is 6.48. The van der Waals surface area contributed by atoms with Gasteiger partial charge in [0.15, 0.2) is 11.5 Å². The number of amides is 1. The topological polar surface area (TPSA) is 99.2 Å². The highest BCUT2D eigenvalue weighted by Gasteiger charge is 2.22. The van der Waals surface area contributed by atoms with Crippen LogP contribution in [0.1, 0.15) is 25.1 Å². The van der Waals surface area contributed by atoms with Crippen LogP contribution in [0.5, 0.6) is 0 Å². The van der Waals surface area contributed by atoms with Crippen molar-refractivity contribution in [1.29, 1.82) is 0 Å². The third-order valence-electron chi connectivity index (χ3n) is 4.39. The van der Waals surface area contributed by atoms with E-state index in [1.165, 1.54) is 7.11 Å². The van der Waals surface area contributed by atoms with Gasteiger partial charge in [-0.25, -0.2) is 19.7 Å². The first-order valence-corrected chi connectivity index (χ1v) is 8.36. The molecule has 3 heterocycles. The Morgan fingerprint density at radius 1 is 1.42 bits per heavy atom. The van der Waals surface area contributed by atoms with E-state index in [4.69, 9.17) is 16.9 Å². The summed E-state index contributed by atoms with van der Waals surface area (Å²) >= 11 is 0. The van der Waals surface area contributed by atoms with Gasteiger partial charge < -0.3 is 19.9 Å². The van der Waals surface area contributed by atoms with Gasteiger partial charge in [0.1, 0.15) is 5.52 Å². The predicted octanol–water partition coefficient (Wildman–Crippen LogP) is 1.26. The number of anilines is 1. The lowest BCUT2D eigenvalue weighted by atomic mass is 9.94. The van der Waals surface area contributed by atoms with Gasteiger partial charge in [0.25, 0.3) is 0 Å². The van der Waals surface area contributed by atoms with Crippen molar-refractivity contribution in [2.24, 2.45) is 5.92 Å². The van der Waals surface area contributed by atoms with E-state index in [1.54, 1.807) is 15.8 Å². The molecule has 3 rings (SSSR count). The van der Waals surface area contributed by atoms with Crippen molar-refractivity contribution in [2.75, 3.05) is 25.9 Å². The molecule has 8 nitrogen and oxygen atoms in total. The first-order chi connectivity index (χ1) is 12.6. The minimum Gasteiger partial charge on any atom is -0.453 e. The molecular weight excluding hydrogens is 332 g/mol. The number of fused-ring (bicyclic) bond motifs is 1. The highest BCUT2D eigenvalue weighted by molar-refractivity contribution is 5.82. The van der Waals surface area contributed by atoms with Gasteiger partial charge in [-0.15, -0.1) is 6.42 Å². The fourth-order valence-corrected chi connectivity index (χ4v) is 2.96. The highest BCUT2D eigenvalue weighted by Crippen LogP contribution is 2.20. The largest absolute Gasteiger partial charge is 0.453 e. The zero-order chi connectivity index (χ0) is 18.5. The number of piperidine rings is 1. The van der Waals surface area contributed by atoms with Crippen LogP contribution in [0.2, 0.25) is 0 Å². The molecule has 1 aliphatic rings. The zero-order valence-electron chi connectivity index (χ0n) is 14.6. The monoisotopic (exact) mass is 352 g/mol. The van der Waals surface area contributed by atoms with Gasteiger partial charge in [0.2, 0.25) is 5.82 Å². The quantitative estimate of drug-likeness (QED) is 0.817. The number of nitrogens with zero attached hydrogens (tertiary/aromatic N) is 5. The van der Waals surface area contributed by atoms with Crippen LogP contribution in [-0.4, -0.2) is 50.7 Å². The number of carbonyl (C=O) groups is 1. The maximum Gasteiger partial charge on any atom is 0.409 e. The molecule has 2 aromatic heterocycles. The third-order valence-corrected chi connectivity index (χ3v) is 4.39. The number of aromatic nitrogens is 4. The zero-order valence-corrected chi connectivity index (χ0v) is 14.6. The normalized spacial score (nSPS) is 14.5. The molecule has 0 radical (unpaired) electrons. The summed E-state index contributed by atoms with van der Waals surface area (Å²) in [7, 11) is 1.40. The summed E-state index contributed by atoms with van der Waals surface area (Å²) in [6, 6.07) is 0. The molecule has 0 saturated carbocycles. The summed E-state index contributed by atoms with van der Waals surface area (Å²) in [4.78, 5) is 26.0. The number of likely N-dealkylation sites (tertiary alicyclic amines) is 1. The molecule has 1 fully saturated rings. The van der Waals surface area contributed by atoms with Crippen LogP contribution in [0.25, 0.3) is 11.2 Å². The minimum atomic E-state index is -0.268. The number of nitrogen functional groups attached to an aromatic ring is 1. The molecule has 0 spiro atoms. The SMILES string of the molecule is C#CCn1cnc2c(N)nc(C#CCC3CCN(C(=O)OC)CC3)nc21. The van der Waals surface area contributed by atoms with E-state index in [-0.39, 0.29) is 6.09 Å². The molecule has 2 aromatic rings. The Bertz CT molecular complexity index is 909. The lowest BCUT2D eigenvalue weighted by molar-refractivity contribution is 0.106. The van der Waals surface area contributed by atoms with Crippen molar-refractivity contribution in [2.45, 2.75) is 25.8 Å². The van der Waals surface area contributed by atoms with Crippen LogP contribution in [-0.2, 0) is 11.3 Å². The van der Waals surface area contributed by atoms with Crippen LogP contribution in [0.15, 0.2) is 6.33 Å². The van der Waals surface area contributed by atoms with E-state index < -0.39 is 0 Å². The van der Waals surface area contributed by atoms with Crippen molar-refractivity contribution in [1.82, 2.24) is 24.4 Å². The summed E-state index contributed by atoms with van der Waals surface area (Å²) in [5, 5.41) is 0. The van der Waals surface area contributed by atoms with E-state index in [0.717, 1.165) is 19.3 Å². The van der Waals surface area contributed by atoms with Crippen LogP contribution >= 0.6 is 0 Å². The van der Waals surface area contributed by atoms with E-state index in [1.807, 2.05) is 0 Å². The van der Waals surface area contributed by atoms with Crippen molar-refractivity contribution in [3.05, 3.63) is 12.2 Å². The Hall–Kier alpha value is -3.26. The maximum absolute atomic E-state index is 11.5. The molecule has 0 unspecified atom stereocenters. The Labute approximate surface area is 151 Å². The number of methoxy groups -OCH3 is 1. The number of hydrogen-bond acceptors (Lipinski definition) is 6. The number of rotatable bonds is 2. The van der Waals surface area contributed by atoms with Gasteiger partial charge in [0, 0.05) is 19.5 Å². The molecule has 26 heavy (non-hydrogen) atoms. The molecule has 2 N–H and O–H groups in total. The molecule has 1 aliphatic heterocycles. The Kier molecular flexibility index (Phi) is 5.23. The first-order valence-electron chi connectivity index (χ1n) is 8.36. The van der Waals surface area contributed by atoms with Crippen molar-refractivity contribution in [3.8, 4) is 24.2 Å². The van der Waals surface area contributed by atoms with E-state index in [0.29, 0.717) is 48.4 Å². The summed E-state index contributed by atoms with van der Waals surface area (Å²) in [6.07, 6.45) is 9.21. The fraction of sp³-hybridized carbons (Fsp3) is 0.444. The Morgan fingerprint density at radius 2 is 2.19 bits per heavy atom. The molecule has 0 aliphatic carbocycles. The molecule has 0 bridgehead atoms. The standard InChI is InChI=1S/C18H20N6O2/c1-3-9-24-12-20-15-16(19)21-14(22-17(15)24)6-4-5-13-7-10-23(11-8-13)18(25)26-2/h1,12-13H,5,7-11H2,2H3,(H2,19,21,22). The minimum absolute atomic E-state index is 0.268. The average molecular weight is 352 g/mol. The van der Waals surface area contributed by atoms with E-state index in [9.17, 15) is 4.79 Å². The summed E-state index contributed by atoms with van der Waals surface area (Å²) in [6.45, 7) is 1.75. The van der Waals surface area contributed by atoms with Crippen LogP contribution in [0.4, 0.5) is 10.6 Å². The number of imidazole rings is 1. The number of terminal acetylenes is 1. The molecule has 0 aromatic carbocycles. The van der Waals surface area contributed by atoms with Gasteiger partial charge in [-0.3, -0.25) is 0 Å². The average Bonchev–Trinajstić information content (AvgIpc) is 3.05. The smallest absolute Gasteiger partial charge is 0.409 e. The fourth-order valence-electron chi connectivity index (χ4n) is 2.96. The lowest BCUT2D eigenvalue weighted by Crippen LogP contribution is -2.38. The molecular formula is C18H20N6O2. The van der Waals surface area contributed by atoms with Crippen LogP contribution in [0.3, 0.4) is 0 Å². The highest BCUT2D eigenvalue weighted by atomic mass is 16.5. The van der Waals surface area contributed by atoms with Gasteiger partial charge in [-0.1, -0.05) is 11.8 Å². The van der Waals surface area contributed by atoms with Crippen LogP contribution < -0.4 is 5.73 Å². The lowest BCUT2D eigenvalue weighted by Gasteiger charge is -2.29. The predicted molar refractivity (Wildman–Crippen MR) is 96.8 cm³/mol. The molecule has 0 atom stereocenters. The third kappa shape index (κ3) is 3.70. The van der Waals surface area contributed by atoms with E-state index in [2.05, 4.69) is 32.7 Å². The van der Waals surface area contributed by atoms with Gasteiger partial charge in [-0.05, 0) is 24.7 Å². The van der Waals surface area contributed by atoms with Crippen LogP contribution in [0, 0.1) is 30.1 Å². The second-order valence-electron chi connectivity index (χ2n) is 6.09. The first kappa shape index (κ1) is 17.6. The second kappa shape index (κ2) is 7.75. The molecule has 1 saturated heterocycles. The summed E-state index contributed by atoms with van der Waals surface area (Å²) in [5.41, 5.74) is 7.06. The van der Waals surface area contributed by atoms with Crippen molar-refractivity contribution >= 4 is 23.1 Å². The Morgan fingerprint density at radius 3 is 2.88 bits per heavy atom. The van der Waals surface area contributed by atoms with Crippen molar-refractivity contribution < 1.29 is 9.53 Å². The molecule has 1 amide bonds. The number of hydrogen-bond donors (Lipinski definition) is 1. The van der Waals surface area contributed by atoms with E-state index >= 15 is 0 Å². The molecule has 134 valence electrons. The number of carbonyl (C=O) groups excluding carboxylic acids is 1. The number of nitrogens with two attached hydrogens (primary N) is 1. The van der Waals surface area contributed by atoms with Gasteiger partial charge in [-0.2, -0.15) is 0 Å². The maximum atomic E-state index is 11.5. The second-order valence-corrected chi connectivity index (χ2v) is 6.09. The van der Waals surface area contributed by atoms with Gasteiger partial charge >= 0.3 is 6.09 Å². The molecule has 8 heteroatoms. The van der Waals surface area contributed by atoms with Gasteiger partial charge in [0.05, 0.1) is 20.0 Å². The summed E-state index contributed by atoms with van der Waals surface area (Å²) in [5.74, 6) is 9.76. The van der Waals surface area contributed by atoms with Crippen molar-refractivity contribution in [3.63, 3.8) is 0 Å². The number of ether oxygens (including phenoxy) is 1. The Balaban J connectivity index is 1.66.